The Bertz CT molecular complexity index is 116. The highest BCUT2D eigenvalue weighted by molar-refractivity contribution is 5.11. The highest BCUT2D eigenvalue weighted by Gasteiger charge is 2.19. The molecular weight excluding hydrogens is 103 g/mol. The zero-order valence-electron chi connectivity index (χ0n) is 5.32. The van der Waals surface area contributed by atoms with Crippen LogP contribution in [0.4, 0.5) is 4.39 Å². The Morgan fingerprint density at radius 3 is 2.50 bits per heavy atom. The lowest BCUT2D eigenvalue weighted by molar-refractivity contribution is 0.315. The fraction of sp³-hybridized carbons (Fsp3) is 0.714. The first kappa shape index (κ1) is 5.80. The lowest BCUT2D eigenvalue weighted by Gasteiger charge is -2.01. The Morgan fingerprint density at radius 2 is 2.38 bits per heavy atom. The van der Waals surface area contributed by atoms with Crippen molar-refractivity contribution in [1.29, 1.82) is 0 Å². The highest BCUT2D eigenvalue weighted by atomic mass is 19.1. The molecule has 0 N–H and O–H groups in total. The van der Waals surface area contributed by atoms with Crippen molar-refractivity contribution in [2.75, 3.05) is 0 Å². The first-order valence-electron chi connectivity index (χ1n) is 3.01. The number of allylic oxidation sites excluding steroid dienone is 2. The van der Waals surface area contributed by atoms with Gasteiger partial charge in [-0.25, -0.2) is 4.39 Å². The van der Waals surface area contributed by atoms with Crippen molar-refractivity contribution >= 4 is 0 Å². The molecule has 0 aliphatic heterocycles. The number of hydrogen-bond donors (Lipinski definition) is 0. The second-order valence-electron chi connectivity index (χ2n) is 2.64. The summed E-state index contributed by atoms with van der Waals surface area (Å²) in [7, 11) is 0. The normalized spacial score (nSPS) is 37.6. The Balaban J connectivity index is 2.56. The molecule has 0 unspecified atom stereocenters. The van der Waals surface area contributed by atoms with Crippen molar-refractivity contribution in [2.45, 2.75) is 26.4 Å². The van der Waals surface area contributed by atoms with Crippen LogP contribution in [0.15, 0.2) is 11.6 Å². The van der Waals surface area contributed by atoms with Crippen molar-refractivity contribution < 1.29 is 4.39 Å². The Kier molecular flexibility index (Phi) is 1.37. The minimum atomic E-state index is -0.671. The molecule has 0 fully saturated rings. The zero-order chi connectivity index (χ0) is 6.15. The third-order valence-electron chi connectivity index (χ3n) is 1.63. The van der Waals surface area contributed by atoms with E-state index in [1.54, 1.807) is 6.08 Å². The SMILES string of the molecule is CC1=C[C@@H](F)[C@@H](C)C1. The fourth-order valence-corrected chi connectivity index (χ4v) is 1.12. The minimum absolute atomic E-state index is 0.231. The van der Waals surface area contributed by atoms with Gasteiger partial charge in [-0.1, -0.05) is 18.6 Å². The number of halogens is 1. The van der Waals surface area contributed by atoms with Gasteiger partial charge in [-0.3, -0.25) is 0 Å². The first-order valence-corrected chi connectivity index (χ1v) is 3.01. The zero-order valence-corrected chi connectivity index (χ0v) is 5.32. The monoisotopic (exact) mass is 114 g/mol. The second kappa shape index (κ2) is 1.88. The summed E-state index contributed by atoms with van der Waals surface area (Å²) in [5.74, 6) is 0.231. The molecule has 0 aromatic rings. The molecule has 0 radical (unpaired) electrons. The van der Waals surface area contributed by atoms with Gasteiger partial charge in [-0.15, -0.1) is 0 Å². The summed E-state index contributed by atoms with van der Waals surface area (Å²) in [5, 5.41) is 0. The van der Waals surface area contributed by atoms with Gasteiger partial charge in [0, 0.05) is 0 Å². The summed E-state index contributed by atoms with van der Waals surface area (Å²) in [6.07, 6.45) is 1.99. The van der Waals surface area contributed by atoms with E-state index in [0.717, 1.165) is 6.42 Å². The Morgan fingerprint density at radius 1 is 1.75 bits per heavy atom. The molecule has 0 bridgehead atoms. The summed E-state index contributed by atoms with van der Waals surface area (Å²) in [5.41, 5.74) is 1.20. The number of rotatable bonds is 0. The molecule has 2 atom stereocenters. The van der Waals surface area contributed by atoms with Gasteiger partial charge in [-0.05, 0) is 19.3 Å². The third kappa shape index (κ3) is 0.908. The summed E-state index contributed by atoms with van der Waals surface area (Å²) >= 11 is 0. The van der Waals surface area contributed by atoms with Crippen molar-refractivity contribution in [3.05, 3.63) is 11.6 Å². The van der Waals surface area contributed by atoms with Crippen LogP contribution in [0, 0.1) is 5.92 Å². The molecular formula is C7H11F. The molecule has 46 valence electrons. The largest absolute Gasteiger partial charge is 0.243 e. The van der Waals surface area contributed by atoms with Crippen LogP contribution < -0.4 is 0 Å². The third-order valence-corrected chi connectivity index (χ3v) is 1.63. The Hall–Kier alpha value is -0.330. The van der Waals surface area contributed by atoms with Crippen LogP contribution in [-0.4, -0.2) is 6.17 Å². The van der Waals surface area contributed by atoms with Crippen molar-refractivity contribution in [3.63, 3.8) is 0 Å². The molecule has 1 aliphatic rings. The smallest absolute Gasteiger partial charge is 0.121 e. The molecule has 0 aromatic heterocycles. The van der Waals surface area contributed by atoms with E-state index in [1.165, 1.54) is 5.57 Å². The molecule has 8 heavy (non-hydrogen) atoms. The lowest BCUT2D eigenvalue weighted by Crippen LogP contribution is -2.01. The van der Waals surface area contributed by atoms with Crippen molar-refractivity contribution in [1.82, 2.24) is 0 Å². The quantitative estimate of drug-likeness (QED) is 0.424. The average molecular weight is 114 g/mol. The van der Waals surface area contributed by atoms with Gasteiger partial charge >= 0.3 is 0 Å². The van der Waals surface area contributed by atoms with Crippen LogP contribution in [0.3, 0.4) is 0 Å². The lowest BCUT2D eigenvalue weighted by atomic mass is 10.1. The molecule has 0 aromatic carbocycles. The van der Waals surface area contributed by atoms with Gasteiger partial charge < -0.3 is 0 Å². The van der Waals surface area contributed by atoms with Gasteiger partial charge in [0.15, 0.2) is 0 Å². The maximum Gasteiger partial charge on any atom is 0.121 e. The molecule has 0 heterocycles. The summed E-state index contributed by atoms with van der Waals surface area (Å²) in [6.45, 7) is 3.92. The molecule has 0 saturated heterocycles. The molecule has 0 saturated carbocycles. The van der Waals surface area contributed by atoms with Crippen LogP contribution in [0.2, 0.25) is 0 Å². The van der Waals surface area contributed by atoms with E-state index in [4.69, 9.17) is 0 Å². The predicted molar refractivity (Wildman–Crippen MR) is 32.4 cm³/mol. The van der Waals surface area contributed by atoms with E-state index in [9.17, 15) is 4.39 Å². The summed E-state index contributed by atoms with van der Waals surface area (Å²) < 4.78 is 12.5. The topological polar surface area (TPSA) is 0 Å². The van der Waals surface area contributed by atoms with Gasteiger partial charge in [0.05, 0.1) is 0 Å². The Labute approximate surface area is 49.4 Å². The first-order chi connectivity index (χ1) is 3.70. The van der Waals surface area contributed by atoms with Crippen LogP contribution in [-0.2, 0) is 0 Å². The van der Waals surface area contributed by atoms with E-state index in [-0.39, 0.29) is 5.92 Å². The van der Waals surface area contributed by atoms with Gasteiger partial charge in [0.2, 0.25) is 0 Å². The molecule has 0 nitrogen and oxygen atoms in total. The molecule has 1 heteroatoms. The maximum atomic E-state index is 12.5. The number of alkyl halides is 1. The van der Waals surface area contributed by atoms with E-state index < -0.39 is 6.17 Å². The number of hydrogen-bond acceptors (Lipinski definition) is 0. The van der Waals surface area contributed by atoms with Crippen LogP contribution in [0.25, 0.3) is 0 Å². The van der Waals surface area contributed by atoms with E-state index in [0.29, 0.717) is 0 Å². The fourth-order valence-electron chi connectivity index (χ4n) is 1.12. The van der Waals surface area contributed by atoms with E-state index in [1.807, 2.05) is 13.8 Å². The maximum absolute atomic E-state index is 12.5. The standard InChI is InChI=1S/C7H11F/c1-5-3-6(2)7(8)4-5/h4,6-7H,3H2,1-2H3/t6-,7+/m0/s1. The van der Waals surface area contributed by atoms with Crippen LogP contribution in [0.5, 0.6) is 0 Å². The molecule has 1 aliphatic carbocycles. The second-order valence-corrected chi connectivity index (χ2v) is 2.64. The van der Waals surface area contributed by atoms with Crippen LogP contribution >= 0.6 is 0 Å². The van der Waals surface area contributed by atoms with Gasteiger partial charge in [0.1, 0.15) is 6.17 Å². The molecule has 0 spiro atoms. The highest BCUT2D eigenvalue weighted by Crippen LogP contribution is 2.26. The van der Waals surface area contributed by atoms with Gasteiger partial charge in [0.25, 0.3) is 0 Å². The summed E-state index contributed by atoms with van der Waals surface area (Å²) in [6, 6.07) is 0. The minimum Gasteiger partial charge on any atom is -0.243 e. The van der Waals surface area contributed by atoms with Crippen molar-refractivity contribution in [2.24, 2.45) is 5.92 Å². The van der Waals surface area contributed by atoms with Gasteiger partial charge in [-0.2, -0.15) is 0 Å². The molecule has 1 rings (SSSR count). The van der Waals surface area contributed by atoms with E-state index >= 15 is 0 Å². The molecule has 0 amide bonds. The predicted octanol–water partition coefficient (Wildman–Crippen LogP) is 2.31. The average Bonchev–Trinajstić information content (AvgIpc) is 1.85. The van der Waals surface area contributed by atoms with E-state index in [2.05, 4.69) is 0 Å². The van der Waals surface area contributed by atoms with Crippen LogP contribution in [0.1, 0.15) is 20.3 Å². The summed E-state index contributed by atoms with van der Waals surface area (Å²) in [4.78, 5) is 0. The van der Waals surface area contributed by atoms with Crippen molar-refractivity contribution in [3.8, 4) is 0 Å².